The van der Waals surface area contributed by atoms with Crippen molar-refractivity contribution in [3.63, 3.8) is 0 Å². The number of carbonyl (C=O) groups excluding carboxylic acids is 3. The molecule has 3 aromatic rings. The van der Waals surface area contributed by atoms with E-state index in [1.807, 2.05) is 26.0 Å². The van der Waals surface area contributed by atoms with E-state index in [9.17, 15) is 14.4 Å². The summed E-state index contributed by atoms with van der Waals surface area (Å²) >= 11 is 0. The molecule has 0 bridgehead atoms. The van der Waals surface area contributed by atoms with Gasteiger partial charge >= 0.3 is 0 Å². The van der Waals surface area contributed by atoms with Gasteiger partial charge in [0.2, 0.25) is 11.7 Å². The predicted octanol–water partition coefficient (Wildman–Crippen LogP) is 2.30. The highest BCUT2D eigenvalue weighted by molar-refractivity contribution is 6.38. The van der Waals surface area contributed by atoms with Gasteiger partial charge in [-0.15, -0.1) is 5.10 Å². The molecule has 3 rings (SSSR count). The lowest BCUT2D eigenvalue weighted by Gasteiger charge is -2.17. The first kappa shape index (κ1) is 23.3. The quantitative estimate of drug-likeness (QED) is 0.540. The number of Topliss-reactive ketones (excluding diaryl/α,β-unsaturated/α-hetero) is 1. The summed E-state index contributed by atoms with van der Waals surface area (Å²) < 4.78 is 6.55. The molecule has 8 heteroatoms. The van der Waals surface area contributed by atoms with Crippen molar-refractivity contribution in [1.29, 1.82) is 0 Å². The van der Waals surface area contributed by atoms with Crippen LogP contribution >= 0.6 is 0 Å². The number of ether oxygens (including phenoxy) is 1. The maximum Gasteiger partial charge on any atom is 0.287 e. The molecule has 31 heavy (non-hydrogen) atoms. The molecule has 0 aliphatic carbocycles. The van der Waals surface area contributed by atoms with Crippen LogP contribution in [0.5, 0.6) is 5.88 Å². The zero-order chi connectivity index (χ0) is 22.8. The third-order valence-electron chi connectivity index (χ3n) is 4.28. The van der Waals surface area contributed by atoms with E-state index < -0.39 is 23.6 Å². The number of amides is 2. The number of para-hydroxylation sites is 1. The lowest BCUT2D eigenvalue weighted by atomic mass is 10.0. The van der Waals surface area contributed by atoms with E-state index in [2.05, 4.69) is 10.4 Å². The molecular formula is C23H26N4O4. The number of benzene rings is 2. The van der Waals surface area contributed by atoms with Gasteiger partial charge in [0.15, 0.2) is 0 Å². The van der Waals surface area contributed by atoms with E-state index in [1.54, 1.807) is 48.5 Å². The predicted molar refractivity (Wildman–Crippen MR) is 117 cm³/mol. The Hall–Kier alpha value is -3.94. The monoisotopic (exact) mass is 422 g/mol. The Bertz CT molecular complexity index is 1020. The van der Waals surface area contributed by atoms with Gasteiger partial charge in [-0.25, -0.2) is 4.68 Å². The molecule has 0 aliphatic heterocycles. The summed E-state index contributed by atoms with van der Waals surface area (Å²) in [5.41, 5.74) is 6.75. The molecule has 1 atom stereocenters. The first-order chi connectivity index (χ1) is 15.0. The Morgan fingerprint density at radius 3 is 2.16 bits per heavy atom. The molecule has 0 saturated carbocycles. The molecule has 2 aromatic carbocycles. The van der Waals surface area contributed by atoms with Crippen LogP contribution in [0.1, 0.15) is 29.9 Å². The molecule has 162 valence electrons. The molecule has 0 saturated heterocycles. The number of methoxy groups -OCH3 is 1. The van der Waals surface area contributed by atoms with Crippen LogP contribution in [0, 0.1) is 0 Å². The fourth-order valence-electron chi connectivity index (χ4n) is 2.85. The number of hydrogen-bond donors (Lipinski definition) is 2. The minimum Gasteiger partial charge on any atom is -0.480 e. The Balaban J connectivity index is 0.00000166. The molecule has 0 aliphatic rings. The average molecular weight is 422 g/mol. The second kappa shape index (κ2) is 11.3. The lowest BCUT2D eigenvalue weighted by molar-refractivity contribution is -0.137. The minimum absolute atomic E-state index is 0.130. The molecule has 1 unspecified atom stereocenters. The van der Waals surface area contributed by atoms with Crippen LogP contribution in [-0.4, -0.2) is 40.5 Å². The Labute approximate surface area is 181 Å². The molecule has 1 heterocycles. The first-order valence-electron chi connectivity index (χ1n) is 9.87. The molecule has 2 amide bonds. The summed E-state index contributed by atoms with van der Waals surface area (Å²) in [6, 6.07) is 18.4. The molecule has 0 radical (unpaired) electrons. The number of carbonyl (C=O) groups is 3. The SMILES string of the molecule is CC.COc1cc(C(=O)NC(Cc2ccccc2)C(=O)C(N)=O)n(-c2ccccc2)n1. The fraction of sp³-hybridized carbons (Fsp3) is 0.217. The molecule has 1 aromatic heterocycles. The number of nitrogens with two attached hydrogens (primary N) is 1. The molecule has 0 fully saturated rings. The molecule has 3 N–H and O–H groups in total. The van der Waals surface area contributed by atoms with Crippen molar-refractivity contribution in [2.24, 2.45) is 5.73 Å². The van der Waals surface area contributed by atoms with Gasteiger partial charge < -0.3 is 15.8 Å². The van der Waals surface area contributed by atoms with E-state index in [4.69, 9.17) is 10.5 Å². The van der Waals surface area contributed by atoms with E-state index in [-0.39, 0.29) is 18.0 Å². The summed E-state index contributed by atoms with van der Waals surface area (Å²) in [4.78, 5) is 36.7. The summed E-state index contributed by atoms with van der Waals surface area (Å²) in [6.07, 6.45) is 0.130. The van der Waals surface area contributed by atoms with Crippen LogP contribution < -0.4 is 15.8 Å². The highest BCUT2D eigenvalue weighted by Gasteiger charge is 2.27. The third-order valence-corrected chi connectivity index (χ3v) is 4.28. The lowest BCUT2D eigenvalue weighted by Crippen LogP contribution is -2.47. The summed E-state index contributed by atoms with van der Waals surface area (Å²) in [5.74, 6) is -2.33. The topological polar surface area (TPSA) is 116 Å². The number of nitrogens with one attached hydrogen (secondary N) is 1. The number of hydrogen-bond acceptors (Lipinski definition) is 5. The number of primary amides is 1. The van der Waals surface area contributed by atoms with Gasteiger partial charge in [0.25, 0.3) is 11.8 Å². The minimum atomic E-state index is -1.11. The van der Waals surface area contributed by atoms with Crippen LogP contribution in [0.25, 0.3) is 5.69 Å². The Morgan fingerprint density at radius 1 is 1.03 bits per heavy atom. The smallest absolute Gasteiger partial charge is 0.287 e. The standard InChI is InChI=1S/C21H20N4O4.C2H6/c1-29-18-13-17(25(24-18)15-10-6-3-7-11-15)21(28)23-16(19(26)20(22)27)12-14-8-4-2-5-9-14;1-2/h2-11,13,16H,12H2,1H3,(H2,22,27)(H,23,28);1-2H3. The number of ketones is 1. The average Bonchev–Trinajstić information content (AvgIpc) is 3.25. The second-order valence-electron chi connectivity index (χ2n) is 6.26. The maximum atomic E-state index is 13.0. The number of aromatic nitrogens is 2. The maximum absolute atomic E-state index is 13.0. The van der Waals surface area contributed by atoms with Crippen LogP contribution in [0.15, 0.2) is 66.7 Å². The van der Waals surface area contributed by atoms with Gasteiger partial charge in [-0.1, -0.05) is 62.4 Å². The number of nitrogens with zero attached hydrogens (tertiary/aromatic N) is 2. The van der Waals surface area contributed by atoms with E-state index >= 15 is 0 Å². The second-order valence-corrected chi connectivity index (χ2v) is 6.26. The Kier molecular flexibility index (Phi) is 8.51. The largest absolute Gasteiger partial charge is 0.480 e. The normalized spacial score (nSPS) is 10.9. The summed E-state index contributed by atoms with van der Waals surface area (Å²) in [5, 5.41) is 6.85. The van der Waals surface area contributed by atoms with E-state index in [1.165, 1.54) is 17.9 Å². The van der Waals surface area contributed by atoms with Crippen LogP contribution in [0.2, 0.25) is 0 Å². The Morgan fingerprint density at radius 2 is 1.61 bits per heavy atom. The van der Waals surface area contributed by atoms with Gasteiger partial charge in [-0.2, -0.15) is 0 Å². The van der Waals surface area contributed by atoms with Crippen molar-refractivity contribution < 1.29 is 19.1 Å². The zero-order valence-corrected chi connectivity index (χ0v) is 17.7. The summed E-state index contributed by atoms with van der Waals surface area (Å²) in [6.45, 7) is 4.00. The number of rotatable bonds is 8. The highest BCUT2D eigenvalue weighted by Crippen LogP contribution is 2.17. The molecule has 8 nitrogen and oxygen atoms in total. The van der Waals surface area contributed by atoms with Crippen LogP contribution in [-0.2, 0) is 16.0 Å². The molecular weight excluding hydrogens is 396 g/mol. The molecule has 0 spiro atoms. The van der Waals surface area contributed by atoms with Gasteiger partial charge in [0, 0.05) is 12.5 Å². The van der Waals surface area contributed by atoms with Crippen molar-refractivity contribution in [3.8, 4) is 11.6 Å². The van der Waals surface area contributed by atoms with Crippen molar-refractivity contribution >= 4 is 17.6 Å². The summed E-state index contributed by atoms with van der Waals surface area (Å²) in [7, 11) is 1.44. The fourth-order valence-corrected chi connectivity index (χ4v) is 2.85. The van der Waals surface area contributed by atoms with Gasteiger partial charge in [0.1, 0.15) is 11.7 Å². The van der Waals surface area contributed by atoms with Gasteiger partial charge in [0.05, 0.1) is 12.8 Å². The van der Waals surface area contributed by atoms with Crippen molar-refractivity contribution in [1.82, 2.24) is 15.1 Å². The van der Waals surface area contributed by atoms with Gasteiger partial charge in [-0.3, -0.25) is 14.4 Å². The van der Waals surface area contributed by atoms with Crippen molar-refractivity contribution in [2.45, 2.75) is 26.3 Å². The zero-order valence-electron chi connectivity index (χ0n) is 17.7. The van der Waals surface area contributed by atoms with Crippen molar-refractivity contribution in [3.05, 3.63) is 78.0 Å². The van der Waals surface area contributed by atoms with Crippen LogP contribution in [0.4, 0.5) is 0 Å². The first-order valence-corrected chi connectivity index (χ1v) is 9.87. The highest BCUT2D eigenvalue weighted by atomic mass is 16.5. The van der Waals surface area contributed by atoms with Crippen LogP contribution in [0.3, 0.4) is 0 Å². The van der Waals surface area contributed by atoms with E-state index in [0.29, 0.717) is 5.69 Å². The van der Waals surface area contributed by atoms with Crippen molar-refractivity contribution in [2.75, 3.05) is 7.11 Å². The van der Waals surface area contributed by atoms with E-state index in [0.717, 1.165) is 5.56 Å². The van der Waals surface area contributed by atoms with Gasteiger partial charge in [-0.05, 0) is 17.7 Å². The third kappa shape index (κ3) is 6.02.